The van der Waals surface area contributed by atoms with Crippen molar-refractivity contribution in [3.63, 3.8) is 0 Å². The van der Waals surface area contributed by atoms with Gasteiger partial charge in [-0.25, -0.2) is 0 Å². The Morgan fingerprint density at radius 1 is 1.00 bits per heavy atom. The van der Waals surface area contributed by atoms with Crippen LogP contribution in [0.1, 0.15) is 30.3 Å². The highest BCUT2D eigenvalue weighted by Gasteiger charge is 2.39. The van der Waals surface area contributed by atoms with Gasteiger partial charge in [-0.3, -0.25) is 4.79 Å². The van der Waals surface area contributed by atoms with E-state index in [9.17, 15) is 4.79 Å². The second kappa shape index (κ2) is 7.65. The number of thioether (sulfide) groups is 1. The van der Waals surface area contributed by atoms with E-state index >= 15 is 0 Å². The molecule has 1 heterocycles. The molecule has 3 aromatic rings. The van der Waals surface area contributed by atoms with Crippen LogP contribution in [0.3, 0.4) is 0 Å². The normalized spacial score (nSPS) is 19.6. The van der Waals surface area contributed by atoms with E-state index in [1.807, 2.05) is 49.1 Å². The van der Waals surface area contributed by atoms with Crippen molar-refractivity contribution in [1.82, 2.24) is 4.90 Å². The predicted molar refractivity (Wildman–Crippen MR) is 112 cm³/mol. The fraction of sp³-hybridized carbons (Fsp3) is 0.261. The molecular weight excluding hydrogens is 354 g/mol. The van der Waals surface area contributed by atoms with Gasteiger partial charge in [-0.05, 0) is 42.3 Å². The van der Waals surface area contributed by atoms with E-state index in [0.717, 1.165) is 16.9 Å². The summed E-state index contributed by atoms with van der Waals surface area (Å²) >= 11 is 1.69. The molecule has 138 valence electrons. The molecule has 1 fully saturated rings. The summed E-state index contributed by atoms with van der Waals surface area (Å²) in [4.78, 5) is 14.9. The predicted octanol–water partition coefficient (Wildman–Crippen LogP) is 5.40. The van der Waals surface area contributed by atoms with Gasteiger partial charge in [0, 0.05) is 12.1 Å². The number of para-hydroxylation sites is 1. The zero-order chi connectivity index (χ0) is 18.8. The lowest BCUT2D eigenvalue weighted by Crippen LogP contribution is -2.30. The monoisotopic (exact) mass is 377 g/mol. The summed E-state index contributed by atoms with van der Waals surface area (Å²) < 4.78 is 5.82. The molecule has 2 atom stereocenters. The third-order valence-corrected chi connectivity index (χ3v) is 6.27. The van der Waals surface area contributed by atoms with Gasteiger partial charge in [0.1, 0.15) is 11.1 Å². The smallest absolute Gasteiger partial charge is 0.236 e. The van der Waals surface area contributed by atoms with E-state index < -0.39 is 0 Å². The van der Waals surface area contributed by atoms with Crippen molar-refractivity contribution < 1.29 is 9.53 Å². The molecule has 3 nitrogen and oxygen atoms in total. The van der Waals surface area contributed by atoms with Gasteiger partial charge in [0.15, 0.2) is 0 Å². The fourth-order valence-electron chi connectivity index (χ4n) is 3.58. The van der Waals surface area contributed by atoms with Crippen molar-refractivity contribution in [2.45, 2.75) is 31.0 Å². The van der Waals surface area contributed by atoms with Crippen LogP contribution in [0.5, 0.6) is 5.75 Å². The van der Waals surface area contributed by atoms with Gasteiger partial charge in [0.2, 0.25) is 5.91 Å². The molecule has 0 radical (unpaired) electrons. The molecule has 4 heteroatoms. The van der Waals surface area contributed by atoms with Crippen molar-refractivity contribution in [2.75, 3.05) is 6.61 Å². The highest BCUT2D eigenvalue weighted by atomic mass is 32.2. The molecule has 1 saturated heterocycles. The molecule has 0 spiro atoms. The van der Waals surface area contributed by atoms with Crippen LogP contribution in [0, 0.1) is 0 Å². The molecule has 0 aromatic heterocycles. The molecule has 1 amide bonds. The molecule has 0 bridgehead atoms. The van der Waals surface area contributed by atoms with Crippen LogP contribution in [0.25, 0.3) is 10.8 Å². The maximum absolute atomic E-state index is 12.9. The second-order valence-electron chi connectivity index (χ2n) is 6.75. The Bertz CT molecular complexity index is 971. The average molecular weight is 378 g/mol. The molecule has 1 aliphatic heterocycles. The minimum atomic E-state index is -0.0508. The summed E-state index contributed by atoms with van der Waals surface area (Å²) in [5, 5.41) is 2.34. The van der Waals surface area contributed by atoms with Crippen molar-refractivity contribution >= 4 is 28.4 Å². The van der Waals surface area contributed by atoms with E-state index in [2.05, 4.69) is 36.4 Å². The zero-order valence-electron chi connectivity index (χ0n) is 15.6. The Hall–Kier alpha value is -2.46. The largest absolute Gasteiger partial charge is 0.493 e. The highest BCUT2D eigenvalue weighted by Crippen LogP contribution is 2.46. The zero-order valence-corrected chi connectivity index (χ0v) is 16.4. The molecule has 0 N–H and O–H groups in total. The molecule has 0 aliphatic carbocycles. The van der Waals surface area contributed by atoms with Crippen molar-refractivity contribution in [1.29, 1.82) is 0 Å². The number of benzene rings is 3. The van der Waals surface area contributed by atoms with E-state index in [-0.39, 0.29) is 16.5 Å². The molecule has 4 rings (SSSR count). The first-order chi connectivity index (χ1) is 13.2. The molecule has 2 unspecified atom stereocenters. The Balaban J connectivity index is 1.67. The highest BCUT2D eigenvalue weighted by molar-refractivity contribution is 8.01. The molecule has 3 aromatic carbocycles. The Kier molecular flexibility index (Phi) is 5.08. The van der Waals surface area contributed by atoms with E-state index in [0.29, 0.717) is 13.2 Å². The lowest BCUT2D eigenvalue weighted by Gasteiger charge is -2.26. The van der Waals surface area contributed by atoms with Gasteiger partial charge in [-0.1, -0.05) is 54.6 Å². The van der Waals surface area contributed by atoms with Gasteiger partial charge < -0.3 is 9.64 Å². The molecule has 0 saturated carbocycles. The van der Waals surface area contributed by atoms with Crippen LogP contribution < -0.4 is 4.74 Å². The SMILES string of the molecule is CCOc1ccccc1C1SC(C)C(=O)N1Cc1ccc2ccccc2c1. The first kappa shape index (κ1) is 17.9. The van der Waals surface area contributed by atoms with Gasteiger partial charge in [-0.15, -0.1) is 11.8 Å². The molecule has 1 aliphatic rings. The second-order valence-corrected chi connectivity index (χ2v) is 8.17. The number of amides is 1. The lowest BCUT2D eigenvalue weighted by molar-refractivity contribution is -0.130. The van der Waals surface area contributed by atoms with Crippen molar-refractivity contribution in [3.8, 4) is 5.75 Å². The minimum absolute atomic E-state index is 0.0262. The quantitative estimate of drug-likeness (QED) is 0.596. The Morgan fingerprint density at radius 2 is 1.74 bits per heavy atom. The van der Waals surface area contributed by atoms with Crippen molar-refractivity contribution in [2.24, 2.45) is 0 Å². The number of ether oxygens (including phenoxy) is 1. The van der Waals surface area contributed by atoms with Crippen LogP contribution in [0.2, 0.25) is 0 Å². The summed E-state index contributed by atoms with van der Waals surface area (Å²) in [6, 6.07) is 22.8. The minimum Gasteiger partial charge on any atom is -0.493 e. The summed E-state index contributed by atoms with van der Waals surface area (Å²) in [5.41, 5.74) is 2.22. The third-order valence-electron chi connectivity index (χ3n) is 4.90. The van der Waals surface area contributed by atoms with Gasteiger partial charge in [-0.2, -0.15) is 0 Å². The van der Waals surface area contributed by atoms with Crippen LogP contribution in [0.4, 0.5) is 0 Å². The molecular formula is C23H23NO2S. The van der Waals surface area contributed by atoms with E-state index in [1.54, 1.807) is 11.8 Å². The fourth-order valence-corrected chi connectivity index (χ4v) is 4.89. The Labute approximate surface area is 164 Å². The summed E-state index contributed by atoms with van der Waals surface area (Å²) in [5.74, 6) is 1.05. The number of nitrogens with zero attached hydrogens (tertiary/aromatic N) is 1. The first-order valence-corrected chi connectivity index (χ1v) is 10.3. The summed E-state index contributed by atoms with van der Waals surface area (Å²) in [6.45, 7) is 5.19. The van der Waals surface area contributed by atoms with Crippen molar-refractivity contribution in [3.05, 3.63) is 77.9 Å². The Morgan fingerprint density at radius 3 is 2.56 bits per heavy atom. The average Bonchev–Trinajstić information content (AvgIpc) is 2.97. The number of hydrogen-bond donors (Lipinski definition) is 0. The van der Waals surface area contributed by atoms with Crippen LogP contribution in [-0.4, -0.2) is 22.7 Å². The van der Waals surface area contributed by atoms with E-state index in [1.165, 1.54) is 10.8 Å². The topological polar surface area (TPSA) is 29.5 Å². The van der Waals surface area contributed by atoms with Crippen LogP contribution in [0.15, 0.2) is 66.7 Å². The lowest BCUT2D eigenvalue weighted by atomic mass is 10.1. The summed E-state index contributed by atoms with van der Waals surface area (Å²) in [7, 11) is 0. The number of carbonyl (C=O) groups excluding carboxylic acids is 1. The van der Waals surface area contributed by atoms with Gasteiger partial charge in [0.05, 0.1) is 11.9 Å². The summed E-state index contributed by atoms with van der Waals surface area (Å²) in [6.07, 6.45) is 0. The van der Waals surface area contributed by atoms with E-state index in [4.69, 9.17) is 4.74 Å². The maximum Gasteiger partial charge on any atom is 0.236 e. The number of carbonyl (C=O) groups is 1. The first-order valence-electron chi connectivity index (χ1n) is 9.32. The molecule has 27 heavy (non-hydrogen) atoms. The van der Waals surface area contributed by atoms with Gasteiger partial charge in [0.25, 0.3) is 0 Å². The maximum atomic E-state index is 12.9. The van der Waals surface area contributed by atoms with Crippen LogP contribution >= 0.6 is 11.8 Å². The van der Waals surface area contributed by atoms with Gasteiger partial charge >= 0.3 is 0 Å². The third kappa shape index (κ3) is 3.54. The number of fused-ring (bicyclic) bond motifs is 1. The standard InChI is InChI=1S/C23H23NO2S/c1-3-26-21-11-7-6-10-20(21)23-24(22(25)16(2)27-23)15-17-12-13-18-8-4-5-9-19(18)14-17/h4-14,16,23H,3,15H2,1-2H3. The number of rotatable bonds is 5. The number of hydrogen-bond acceptors (Lipinski definition) is 3. The van der Waals surface area contributed by atoms with Crippen LogP contribution in [-0.2, 0) is 11.3 Å².